The minimum Gasteiger partial charge on any atom is -0.467 e. The van der Waals surface area contributed by atoms with Gasteiger partial charge in [0.15, 0.2) is 11.2 Å². The Balaban J connectivity index is 2.22. The van der Waals surface area contributed by atoms with E-state index in [0.29, 0.717) is 18.2 Å². The molecule has 0 aliphatic rings. The highest BCUT2D eigenvalue weighted by atomic mass is 32.1. The fourth-order valence-electron chi connectivity index (χ4n) is 2.36. The van der Waals surface area contributed by atoms with Gasteiger partial charge in [-0.1, -0.05) is 35.6 Å². The van der Waals surface area contributed by atoms with Crippen molar-refractivity contribution in [3.05, 3.63) is 36.0 Å². The zero-order valence-corrected chi connectivity index (χ0v) is 15.4. The molecular weight excluding hydrogens is 340 g/mol. The lowest BCUT2D eigenvalue weighted by Crippen LogP contribution is -2.28. The third-order valence-electron chi connectivity index (χ3n) is 3.51. The van der Waals surface area contributed by atoms with Crippen molar-refractivity contribution in [1.29, 1.82) is 0 Å². The molecule has 0 unspecified atom stereocenters. The van der Waals surface area contributed by atoms with Crippen LogP contribution >= 0.6 is 11.3 Å². The Morgan fingerprint density at radius 1 is 1.32 bits per heavy atom. The van der Waals surface area contributed by atoms with Gasteiger partial charge in [-0.2, -0.15) is 0 Å². The van der Waals surface area contributed by atoms with Crippen LogP contribution in [0.3, 0.4) is 0 Å². The van der Waals surface area contributed by atoms with E-state index in [1.807, 2.05) is 31.2 Å². The van der Waals surface area contributed by atoms with Crippen LogP contribution in [0.4, 0.5) is 5.13 Å². The molecule has 0 radical (unpaired) electrons. The summed E-state index contributed by atoms with van der Waals surface area (Å²) in [4.78, 5) is 28.3. The van der Waals surface area contributed by atoms with E-state index >= 15 is 0 Å². The number of carbonyl (C=O) groups is 2. The Bertz CT molecular complexity index is 729. The fourth-order valence-corrected chi connectivity index (χ4v) is 3.23. The molecule has 1 aromatic carbocycles. The lowest BCUT2D eigenvalue weighted by Gasteiger charge is -2.16. The van der Waals surface area contributed by atoms with Crippen molar-refractivity contribution in [3.63, 3.8) is 0 Å². The molecule has 0 bridgehead atoms. The van der Waals surface area contributed by atoms with Gasteiger partial charge in [0, 0.05) is 19.2 Å². The van der Waals surface area contributed by atoms with Crippen LogP contribution in [0.25, 0.3) is 10.4 Å². The number of nitrogens with one attached hydrogen (secondary N) is 1. The molecule has 25 heavy (non-hydrogen) atoms. The summed E-state index contributed by atoms with van der Waals surface area (Å²) in [7, 11) is 1.36. The van der Waals surface area contributed by atoms with Crippen LogP contribution < -0.4 is 5.32 Å². The monoisotopic (exact) mass is 362 g/mol. The van der Waals surface area contributed by atoms with Crippen molar-refractivity contribution in [1.82, 2.24) is 4.98 Å². The molecule has 1 aromatic heterocycles. The van der Waals surface area contributed by atoms with Gasteiger partial charge >= 0.3 is 5.97 Å². The number of benzene rings is 1. The second-order valence-corrected chi connectivity index (χ2v) is 6.44. The summed E-state index contributed by atoms with van der Waals surface area (Å²) >= 11 is 1.47. The summed E-state index contributed by atoms with van der Waals surface area (Å²) in [5, 5.41) is 3.69. The summed E-state index contributed by atoms with van der Waals surface area (Å²) in [6, 6.07) is 7.81. The van der Waals surface area contributed by atoms with Crippen LogP contribution in [0.15, 0.2) is 30.5 Å². The maximum atomic E-state index is 11.9. The lowest BCUT2D eigenvalue weighted by atomic mass is 10.0. The second-order valence-electron chi connectivity index (χ2n) is 5.41. The van der Waals surface area contributed by atoms with Gasteiger partial charge in [-0.05, 0) is 25.0 Å². The molecule has 2 rings (SSSR count). The average molecular weight is 362 g/mol. The Morgan fingerprint density at radius 3 is 2.76 bits per heavy atom. The van der Waals surface area contributed by atoms with Crippen molar-refractivity contribution in [2.75, 3.05) is 25.6 Å². The molecule has 1 atom stereocenters. The van der Waals surface area contributed by atoms with Crippen LogP contribution in [0.2, 0.25) is 0 Å². The first-order valence-electron chi connectivity index (χ1n) is 8.02. The van der Waals surface area contributed by atoms with E-state index in [2.05, 4.69) is 10.3 Å². The maximum absolute atomic E-state index is 11.9. The third kappa shape index (κ3) is 5.37. The topological polar surface area (TPSA) is 77.5 Å². The van der Waals surface area contributed by atoms with Crippen LogP contribution in [-0.2, 0) is 25.5 Å². The number of hydrogen-bond acceptors (Lipinski definition) is 7. The van der Waals surface area contributed by atoms with Crippen LogP contribution in [0, 0.1) is 0 Å². The molecule has 6 nitrogen and oxygen atoms in total. The molecule has 2 aromatic rings. The van der Waals surface area contributed by atoms with E-state index in [0.717, 1.165) is 16.0 Å². The number of carbonyl (C=O) groups excluding carboxylic acids is 2. The number of aromatic nitrogens is 1. The van der Waals surface area contributed by atoms with Gasteiger partial charge in [0.25, 0.3) is 0 Å². The van der Waals surface area contributed by atoms with Gasteiger partial charge in [-0.3, -0.25) is 4.79 Å². The van der Waals surface area contributed by atoms with E-state index in [-0.39, 0.29) is 18.3 Å². The van der Waals surface area contributed by atoms with Crippen LogP contribution in [0.1, 0.15) is 19.4 Å². The van der Waals surface area contributed by atoms with Crippen molar-refractivity contribution in [2.24, 2.45) is 0 Å². The van der Waals surface area contributed by atoms with E-state index in [9.17, 15) is 9.59 Å². The van der Waals surface area contributed by atoms with Crippen molar-refractivity contribution in [2.45, 2.75) is 26.4 Å². The van der Waals surface area contributed by atoms with Crippen molar-refractivity contribution < 1.29 is 19.1 Å². The third-order valence-corrected chi connectivity index (χ3v) is 4.50. The number of methoxy groups -OCH3 is 1. The van der Waals surface area contributed by atoms with E-state index in [4.69, 9.17) is 9.47 Å². The highest BCUT2D eigenvalue weighted by Gasteiger charge is 2.22. The maximum Gasteiger partial charge on any atom is 0.335 e. The molecule has 0 spiro atoms. The molecule has 1 N–H and O–H groups in total. The summed E-state index contributed by atoms with van der Waals surface area (Å²) in [6.45, 7) is 4.06. The molecule has 0 amide bonds. The molecule has 134 valence electrons. The molecule has 7 heteroatoms. The first kappa shape index (κ1) is 19.1. The highest BCUT2D eigenvalue weighted by molar-refractivity contribution is 7.18. The predicted octanol–water partition coefficient (Wildman–Crippen LogP) is 2.93. The second kappa shape index (κ2) is 9.29. The van der Waals surface area contributed by atoms with Crippen LogP contribution in [-0.4, -0.2) is 43.1 Å². The molecular formula is C18H22N2O4S. The Labute approximate surface area is 151 Å². The number of rotatable bonds is 9. The zero-order valence-electron chi connectivity index (χ0n) is 14.6. The zero-order chi connectivity index (χ0) is 18.2. The number of Topliss-reactive ketones (excluding diaryl/α,β-unsaturated/α-hetero) is 1. The van der Waals surface area contributed by atoms with Gasteiger partial charge in [-0.15, -0.1) is 0 Å². The SMILES string of the molecule is CCO[C@@H](Cc1ccccc1-c1cnc(NCC(C)=O)s1)C(=O)OC. The minimum atomic E-state index is -0.639. The average Bonchev–Trinajstić information content (AvgIpc) is 3.08. The van der Waals surface area contributed by atoms with Gasteiger partial charge < -0.3 is 14.8 Å². The highest BCUT2D eigenvalue weighted by Crippen LogP contribution is 2.32. The number of hydrogen-bond donors (Lipinski definition) is 1. The van der Waals surface area contributed by atoms with E-state index in [1.54, 1.807) is 6.20 Å². The predicted molar refractivity (Wildman–Crippen MR) is 97.9 cm³/mol. The Morgan fingerprint density at radius 2 is 2.08 bits per heavy atom. The fraction of sp³-hybridized carbons (Fsp3) is 0.389. The van der Waals surface area contributed by atoms with Crippen molar-refractivity contribution >= 4 is 28.2 Å². The summed E-state index contributed by atoms with van der Waals surface area (Å²) in [5.41, 5.74) is 1.97. The van der Waals surface area contributed by atoms with Crippen molar-refractivity contribution in [3.8, 4) is 10.4 Å². The molecule has 0 saturated heterocycles. The van der Waals surface area contributed by atoms with Gasteiger partial charge in [0.2, 0.25) is 0 Å². The van der Waals surface area contributed by atoms with Gasteiger partial charge in [-0.25, -0.2) is 9.78 Å². The smallest absolute Gasteiger partial charge is 0.335 e. The van der Waals surface area contributed by atoms with Crippen LogP contribution in [0.5, 0.6) is 0 Å². The number of nitrogens with zero attached hydrogens (tertiary/aromatic N) is 1. The van der Waals surface area contributed by atoms with E-state index < -0.39 is 6.10 Å². The minimum absolute atomic E-state index is 0.0507. The standard InChI is InChI=1S/C18H22N2O4S/c1-4-24-15(17(22)23-3)9-13-7-5-6-8-14(13)16-11-20-18(25-16)19-10-12(2)21/h5-8,11,15H,4,9-10H2,1-3H3,(H,19,20)/t15-/m0/s1. The number of anilines is 1. The first-order chi connectivity index (χ1) is 12.0. The van der Waals surface area contributed by atoms with E-state index in [1.165, 1.54) is 25.4 Å². The largest absolute Gasteiger partial charge is 0.467 e. The van der Waals surface area contributed by atoms with Gasteiger partial charge in [0.1, 0.15) is 5.78 Å². The Hall–Kier alpha value is -2.25. The number of esters is 1. The quantitative estimate of drug-likeness (QED) is 0.691. The number of ether oxygens (including phenoxy) is 2. The number of ketones is 1. The summed E-state index contributed by atoms with van der Waals surface area (Å²) in [5.74, 6) is -0.334. The molecule has 1 heterocycles. The molecule has 0 aliphatic heterocycles. The molecule has 0 fully saturated rings. The molecule has 0 saturated carbocycles. The lowest BCUT2D eigenvalue weighted by molar-refractivity contribution is -0.153. The normalized spacial score (nSPS) is 11.8. The molecule has 0 aliphatic carbocycles. The summed E-state index contributed by atoms with van der Waals surface area (Å²) < 4.78 is 10.3. The Kier molecular flexibility index (Phi) is 7.09. The summed E-state index contributed by atoms with van der Waals surface area (Å²) in [6.07, 6.45) is 1.55. The number of thiazole rings is 1. The van der Waals surface area contributed by atoms with Gasteiger partial charge in [0.05, 0.1) is 18.5 Å². The first-order valence-corrected chi connectivity index (χ1v) is 8.83.